The van der Waals surface area contributed by atoms with Crippen LogP contribution in [0.1, 0.15) is 51.9 Å². The van der Waals surface area contributed by atoms with Crippen molar-refractivity contribution in [2.75, 3.05) is 11.5 Å². The summed E-state index contributed by atoms with van der Waals surface area (Å²) in [5.74, 6) is 1.15. The molecule has 0 radical (unpaired) electrons. The van der Waals surface area contributed by atoms with Crippen molar-refractivity contribution >= 4 is 9.84 Å². The van der Waals surface area contributed by atoms with Crippen LogP contribution in [0.5, 0.6) is 0 Å². The van der Waals surface area contributed by atoms with Crippen LogP contribution < -0.4 is 5.73 Å². The fourth-order valence-electron chi connectivity index (χ4n) is 2.43. The van der Waals surface area contributed by atoms with Gasteiger partial charge in [-0.1, -0.05) is 26.2 Å². The van der Waals surface area contributed by atoms with Crippen LogP contribution in [0.15, 0.2) is 0 Å². The molecule has 1 rings (SSSR count). The van der Waals surface area contributed by atoms with E-state index in [0.717, 1.165) is 38.5 Å². The van der Waals surface area contributed by atoms with Gasteiger partial charge in [0.25, 0.3) is 0 Å². The van der Waals surface area contributed by atoms with E-state index >= 15 is 0 Å². The van der Waals surface area contributed by atoms with Gasteiger partial charge < -0.3 is 5.73 Å². The molecule has 0 spiro atoms. The van der Waals surface area contributed by atoms with E-state index in [1.165, 1.54) is 6.42 Å². The van der Waals surface area contributed by atoms with E-state index in [9.17, 15) is 8.42 Å². The number of hydrogen-bond donors (Lipinski definition) is 1. The zero-order valence-corrected chi connectivity index (χ0v) is 11.1. The molecule has 0 heterocycles. The Morgan fingerprint density at radius 1 is 1.19 bits per heavy atom. The number of unbranched alkanes of at least 4 members (excludes halogenated alkanes) is 2. The summed E-state index contributed by atoms with van der Waals surface area (Å²) in [6.07, 6.45) is 7.03. The van der Waals surface area contributed by atoms with Gasteiger partial charge in [-0.05, 0) is 31.6 Å². The second-order valence-electron chi connectivity index (χ2n) is 5.00. The van der Waals surface area contributed by atoms with E-state index in [4.69, 9.17) is 5.73 Å². The summed E-state index contributed by atoms with van der Waals surface area (Å²) in [4.78, 5) is 0. The molecule has 0 aromatic carbocycles. The minimum absolute atomic E-state index is 0.242. The third-order valence-electron chi connectivity index (χ3n) is 3.58. The van der Waals surface area contributed by atoms with Crippen LogP contribution >= 0.6 is 0 Å². The van der Waals surface area contributed by atoms with Gasteiger partial charge in [0, 0.05) is 6.04 Å². The summed E-state index contributed by atoms with van der Waals surface area (Å²) in [5, 5.41) is 0. The summed E-state index contributed by atoms with van der Waals surface area (Å²) in [6, 6.07) is 0.242. The number of rotatable bonds is 7. The Labute approximate surface area is 99.7 Å². The highest BCUT2D eigenvalue weighted by molar-refractivity contribution is 7.91. The van der Waals surface area contributed by atoms with Crippen LogP contribution in [0.3, 0.4) is 0 Å². The summed E-state index contributed by atoms with van der Waals surface area (Å²) >= 11 is 0. The molecule has 1 fully saturated rings. The third-order valence-corrected chi connectivity index (χ3v) is 5.34. The van der Waals surface area contributed by atoms with Gasteiger partial charge in [-0.2, -0.15) is 0 Å². The van der Waals surface area contributed by atoms with Crippen LogP contribution in [-0.4, -0.2) is 26.0 Å². The largest absolute Gasteiger partial charge is 0.327 e. The van der Waals surface area contributed by atoms with Crippen molar-refractivity contribution in [1.29, 1.82) is 0 Å². The molecule has 0 aromatic rings. The Morgan fingerprint density at radius 3 is 2.50 bits per heavy atom. The first-order valence-corrected chi connectivity index (χ1v) is 8.33. The molecule has 4 heteroatoms. The molecule has 0 saturated heterocycles. The van der Waals surface area contributed by atoms with Gasteiger partial charge in [-0.3, -0.25) is 0 Å². The molecule has 1 saturated carbocycles. The average molecular weight is 247 g/mol. The normalized spacial score (nSPS) is 26.1. The fraction of sp³-hybridized carbons (Fsp3) is 1.00. The van der Waals surface area contributed by atoms with Crippen molar-refractivity contribution in [2.24, 2.45) is 11.7 Å². The standard InChI is InChI=1S/C12H25NO2S/c1-2-3-4-9-16(14,15)10-8-11-6-5-7-12(11)13/h11-12H,2-10,13H2,1H3. The molecule has 2 N–H and O–H groups in total. The molecular weight excluding hydrogens is 222 g/mol. The first kappa shape index (κ1) is 14.0. The van der Waals surface area contributed by atoms with Gasteiger partial charge in [-0.15, -0.1) is 0 Å². The Hall–Kier alpha value is -0.0900. The maximum atomic E-state index is 11.7. The molecular formula is C12H25NO2S. The lowest BCUT2D eigenvalue weighted by Crippen LogP contribution is -2.26. The number of hydrogen-bond acceptors (Lipinski definition) is 3. The van der Waals surface area contributed by atoms with Gasteiger partial charge in [-0.25, -0.2) is 8.42 Å². The topological polar surface area (TPSA) is 60.2 Å². The SMILES string of the molecule is CCCCCS(=O)(=O)CCC1CCCC1N. The second kappa shape index (κ2) is 6.60. The lowest BCUT2D eigenvalue weighted by atomic mass is 10.0. The van der Waals surface area contributed by atoms with E-state index in [-0.39, 0.29) is 6.04 Å². The number of sulfone groups is 1. The molecule has 16 heavy (non-hydrogen) atoms. The third kappa shape index (κ3) is 4.83. The summed E-state index contributed by atoms with van der Waals surface area (Å²) in [6.45, 7) is 2.09. The van der Waals surface area contributed by atoms with Crippen LogP contribution in [0.2, 0.25) is 0 Å². The lowest BCUT2D eigenvalue weighted by molar-refractivity contribution is 0.464. The van der Waals surface area contributed by atoms with Crippen molar-refractivity contribution in [3.63, 3.8) is 0 Å². The predicted molar refractivity (Wildman–Crippen MR) is 68.1 cm³/mol. The fourth-order valence-corrected chi connectivity index (χ4v) is 3.94. The minimum atomic E-state index is -2.82. The summed E-state index contributed by atoms with van der Waals surface area (Å²) in [5.41, 5.74) is 5.94. The molecule has 3 nitrogen and oxygen atoms in total. The second-order valence-corrected chi connectivity index (χ2v) is 7.31. The molecule has 1 aliphatic rings. The summed E-state index contributed by atoms with van der Waals surface area (Å²) < 4.78 is 23.5. The van der Waals surface area contributed by atoms with E-state index in [1.807, 2.05) is 0 Å². The van der Waals surface area contributed by atoms with Crippen molar-refractivity contribution < 1.29 is 8.42 Å². The monoisotopic (exact) mass is 247 g/mol. The maximum Gasteiger partial charge on any atom is 0.150 e. The highest BCUT2D eigenvalue weighted by Crippen LogP contribution is 2.27. The van der Waals surface area contributed by atoms with Crippen molar-refractivity contribution in [1.82, 2.24) is 0 Å². The van der Waals surface area contributed by atoms with E-state index < -0.39 is 9.84 Å². The highest BCUT2D eigenvalue weighted by Gasteiger charge is 2.25. The van der Waals surface area contributed by atoms with Crippen molar-refractivity contribution in [3.05, 3.63) is 0 Å². The van der Waals surface area contributed by atoms with Crippen molar-refractivity contribution in [3.8, 4) is 0 Å². The zero-order chi connectivity index (χ0) is 12.0. The van der Waals surface area contributed by atoms with E-state index in [2.05, 4.69) is 6.92 Å². The van der Waals surface area contributed by atoms with Crippen LogP contribution in [0.4, 0.5) is 0 Å². The van der Waals surface area contributed by atoms with Gasteiger partial charge in [0.1, 0.15) is 9.84 Å². The van der Waals surface area contributed by atoms with Gasteiger partial charge in [0.15, 0.2) is 0 Å². The first-order chi connectivity index (χ1) is 7.55. The molecule has 0 aliphatic heterocycles. The van der Waals surface area contributed by atoms with Crippen LogP contribution in [-0.2, 0) is 9.84 Å². The van der Waals surface area contributed by atoms with Crippen LogP contribution in [0.25, 0.3) is 0 Å². The maximum absolute atomic E-state index is 11.7. The molecule has 0 bridgehead atoms. The lowest BCUT2D eigenvalue weighted by Gasteiger charge is -2.14. The van der Waals surface area contributed by atoms with Gasteiger partial charge in [0.2, 0.25) is 0 Å². The Balaban J connectivity index is 2.24. The number of nitrogens with two attached hydrogens (primary N) is 1. The molecule has 0 amide bonds. The molecule has 2 atom stereocenters. The molecule has 0 aromatic heterocycles. The van der Waals surface area contributed by atoms with Gasteiger partial charge in [0.05, 0.1) is 11.5 Å². The van der Waals surface area contributed by atoms with Crippen LogP contribution in [0, 0.1) is 5.92 Å². The first-order valence-electron chi connectivity index (χ1n) is 6.51. The van der Waals surface area contributed by atoms with E-state index in [0.29, 0.717) is 17.4 Å². The summed E-state index contributed by atoms with van der Waals surface area (Å²) in [7, 11) is -2.82. The highest BCUT2D eigenvalue weighted by atomic mass is 32.2. The van der Waals surface area contributed by atoms with Crippen molar-refractivity contribution in [2.45, 2.75) is 57.9 Å². The van der Waals surface area contributed by atoms with E-state index in [1.54, 1.807) is 0 Å². The van der Waals surface area contributed by atoms with Gasteiger partial charge >= 0.3 is 0 Å². The molecule has 1 aliphatic carbocycles. The zero-order valence-electron chi connectivity index (χ0n) is 10.3. The predicted octanol–water partition coefficient (Wildman–Crippen LogP) is 2.11. The quantitative estimate of drug-likeness (QED) is 0.701. The molecule has 96 valence electrons. The Kier molecular flexibility index (Phi) is 5.76. The minimum Gasteiger partial charge on any atom is -0.327 e. The Bertz CT molecular complexity index is 287. The molecule has 2 unspecified atom stereocenters. The average Bonchev–Trinajstić information content (AvgIpc) is 2.62. The smallest absolute Gasteiger partial charge is 0.150 e. The Morgan fingerprint density at radius 2 is 1.94 bits per heavy atom.